The SMILES string of the molecule is CN/C(C)=C(/Cl)[N+](=O)[O-]. The molecule has 0 radical (unpaired) electrons. The van der Waals surface area contributed by atoms with Crippen LogP contribution < -0.4 is 5.32 Å². The van der Waals surface area contributed by atoms with Gasteiger partial charge in [0.25, 0.3) is 0 Å². The first-order chi connectivity index (χ1) is 4.09. The Morgan fingerprint density at radius 1 is 1.78 bits per heavy atom. The van der Waals surface area contributed by atoms with Gasteiger partial charge in [-0.2, -0.15) is 0 Å². The van der Waals surface area contributed by atoms with E-state index in [1.165, 1.54) is 6.92 Å². The monoisotopic (exact) mass is 150 g/mol. The molecule has 0 aliphatic rings. The van der Waals surface area contributed by atoms with E-state index in [4.69, 9.17) is 11.6 Å². The van der Waals surface area contributed by atoms with Crippen molar-refractivity contribution in [3.8, 4) is 0 Å². The minimum Gasteiger partial charge on any atom is -0.385 e. The van der Waals surface area contributed by atoms with Crippen molar-refractivity contribution in [2.24, 2.45) is 0 Å². The topological polar surface area (TPSA) is 55.2 Å². The fourth-order valence-corrected chi connectivity index (χ4v) is 0.335. The summed E-state index contributed by atoms with van der Waals surface area (Å²) in [6.45, 7) is 1.53. The maximum Gasteiger partial charge on any atom is 0.355 e. The number of hydrogen-bond acceptors (Lipinski definition) is 3. The zero-order valence-corrected chi connectivity index (χ0v) is 5.90. The van der Waals surface area contributed by atoms with Crippen molar-refractivity contribution in [2.45, 2.75) is 6.92 Å². The van der Waals surface area contributed by atoms with Gasteiger partial charge in [-0.3, -0.25) is 10.1 Å². The van der Waals surface area contributed by atoms with Crippen LogP contribution in [0.25, 0.3) is 0 Å². The highest BCUT2D eigenvalue weighted by Gasteiger charge is 2.08. The van der Waals surface area contributed by atoms with Crippen LogP contribution in [0.5, 0.6) is 0 Å². The van der Waals surface area contributed by atoms with Gasteiger partial charge in [0.15, 0.2) is 0 Å². The van der Waals surface area contributed by atoms with E-state index in [1.807, 2.05) is 0 Å². The van der Waals surface area contributed by atoms with Crippen molar-refractivity contribution < 1.29 is 4.92 Å². The van der Waals surface area contributed by atoms with Crippen molar-refractivity contribution in [1.29, 1.82) is 0 Å². The highest BCUT2D eigenvalue weighted by Crippen LogP contribution is 2.05. The van der Waals surface area contributed by atoms with Gasteiger partial charge in [0, 0.05) is 7.05 Å². The molecular weight excluding hydrogens is 144 g/mol. The molecule has 1 N–H and O–H groups in total. The molecule has 0 heterocycles. The van der Waals surface area contributed by atoms with Crippen LogP contribution in [-0.4, -0.2) is 12.0 Å². The summed E-state index contributed by atoms with van der Waals surface area (Å²) in [5.74, 6) is 0. The first kappa shape index (κ1) is 8.23. The quantitative estimate of drug-likeness (QED) is 0.362. The van der Waals surface area contributed by atoms with Gasteiger partial charge in [0.1, 0.15) is 0 Å². The Bertz CT molecular complexity index is 155. The van der Waals surface area contributed by atoms with E-state index in [1.54, 1.807) is 7.05 Å². The van der Waals surface area contributed by atoms with Crippen LogP contribution in [0.1, 0.15) is 6.92 Å². The van der Waals surface area contributed by atoms with Gasteiger partial charge < -0.3 is 5.32 Å². The van der Waals surface area contributed by atoms with Crippen LogP contribution >= 0.6 is 11.6 Å². The Kier molecular flexibility index (Phi) is 3.01. The number of nitro groups is 1. The van der Waals surface area contributed by atoms with Gasteiger partial charge in [0.2, 0.25) is 0 Å². The number of hydrogen-bond donors (Lipinski definition) is 1. The summed E-state index contributed by atoms with van der Waals surface area (Å²) in [5.41, 5.74) is 0.363. The Balaban J connectivity index is 4.28. The van der Waals surface area contributed by atoms with Crippen LogP contribution in [0.4, 0.5) is 0 Å². The van der Waals surface area contributed by atoms with E-state index >= 15 is 0 Å². The lowest BCUT2D eigenvalue weighted by Gasteiger charge is -1.94. The van der Waals surface area contributed by atoms with Gasteiger partial charge in [-0.1, -0.05) is 0 Å². The Labute approximate surface area is 57.7 Å². The fraction of sp³-hybridized carbons (Fsp3) is 0.500. The number of nitrogens with one attached hydrogen (secondary N) is 1. The second kappa shape index (κ2) is 3.29. The van der Waals surface area contributed by atoms with Gasteiger partial charge >= 0.3 is 5.16 Å². The molecule has 0 spiro atoms. The van der Waals surface area contributed by atoms with Crippen molar-refractivity contribution >= 4 is 11.6 Å². The van der Waals surface area contributed by atoms with Gasteiger partial charge in [-0.15, -0.1) is 0 Å². The first-order valence-corrected chi connectivity index (χ1v) is 2.66. The highest BCUT2D eigenvalue weighted by molar-refractivity contribution is 6.28. The molecular formula is C4H7ClN2O2. The van der Waals surface area contributed by atoms with Crippen LogP contribution in [0.2, 0.25) is 0 Å². The molecule has 0 amide bonds. The summed E-state index contributed by atoms with van der Waals surface area (Å²) in [4.78, 5) is 9.23. The number of halogens is 1. The van der Waals surface area contributed by atoms with Crippen LogP contribution in [0, 0.1) is 10.1 Å². The fourth-order valence-electron chi connectivity index (χ4n) is 0.240. The maximum atomic E-state index is 9.88. The molecule has 0 fully saturated rings. The molecule has 0 bridgehead atoms. The van der Waals surface area contributed by atoms with E-state index < -0.39 is 4.92 Å². The summed E-state index contributed by atoms with van der Waals surface area (Å²) in [5, 5.41) is 12.1. The van der Waals surface area contributed by atoms with E-state index in [0.717, 1.165) is 0 Å². The minimum absolute atomic E-state index is 0.363. The summed E-state index contributed by atoms with van der Waals surface area (Å²) < 4.78 is 0. The molecule has 0 saturated heterocycles. The van der Waals surface area contributed by atoms with Gasteiger partial charge in [0.05, 0.1) is 10.6 Å². The molecule has 4 nitrogen and oxygen atoms in total. The molecule has 52 valence electrons. The molecule has 0 atom stereocenters. The normalized spacial score (nSPS) is 12.3. The first-order valence-electron chi connectivity index (χ1n) is 2.28. The third kappa shape index (κ3) is 2.32. The van der Waals surface area contributed by atoms with E-state index in [-0.39, 0.29) is 5.16 Å². The highest BCUT2D eigenvalue weighted by atomic mass is 35.5. The van der Waals surface area contributed by atoms with E-state index in [0.29, 0.717) is 5.70 Å². The number of rotatable bonds is 2. The lowest BCUT2D eigenvalue weighted by molar-refractivity contribution is -0.413. The van der Waals surface area contributed by atoms with E-state index in [9.17, 15) is 10.1 Å². The van der Waals surface area contributed by atoms with Crippen molar-refractivity contribution in [2.75, 3.05) is 7.05 Å². The standard InChI is InChI=1S/C4H7ClN2O2/c1-3(6-2)4(5)7(8)9/h6H,1-2H3/b4-3-. The molecule has 0 aliphatic carbocycles. The predicted molar refractivity (Wildman–Crippen MR) is 34.6 cm³/mol. The maximum absolute atomic E-state index is 9.88. The minimum atomic E-state index is -0.645. The van der Waals surface area contributed by atoms with Crippen LogP contribution in [-0.2, 0) is 0 Å². The smallest absolute Gasteiger partial charge is 0.355 e. The third-order valence-electron chi connectivity index (χ3n) is 0.845. The second-order valence-electron chi connectivity index (χ2n) is 1.42. The van der Waals surface area contributed by atoms with Gasteiger partial charge in [-0.25, -0.2) is 0 Å². The molecule has 5 heteroatoms. The third-order valence-corrected chi connectivity index (χ3v) is 1.27. The van der Waals surface area contributed by atoms with E-state index in [2.05, 4.69) is 5.32 Å². The zero-order chi connectivity index (χ0) is 7.44. The molecule has 0 aliphatic heterocycles. The second-order valence-corrected chi connectivity index (χ2v) is 1.78. The predicted octanol–water partition coefficient (Wildman–Crippen LogP) is 0.910. The van der Waals surface area contributed by atoms with Crippen molar-refractivity contribution in [3.63, 3.8) is 0 Å². The summed E-state index contributed by atoms with van der Waals surface area (Å²) in [6.07, 6.45) is 0. The molecule has 0 aromatic rings. The Morgan fingerprint density at radius 2 is 2.22 bits per heavy atom. The average molecular weight is 151 g/mol. The Morgan fingerprint density at radius 3 is 2.33 bits per heavy atom. The van der Waals surface area contributed by atoms with Crippen molar-refractivity contribution in [1.82, 2.24) is 5.32 Å². The van der Waals surface area contributed by atoms with Crippen LogP contribution in [0.3, 0.4) is 0 Å². The molecule has 0 saturated carbocycles. The molecule has 0 aromatic heterocycles. The lowest BCUT2D eigenvalue weighted by Crippen LogP contribution is -2.07. The number of allylic oxidation sites excluding steroid dienone is 1. The van der Waals surface area contributed by atoms with Crippen LogP contribution in [0.15, 0.2) is 10.9 Å². The largest absolute Gasteiger partial charge is 0.385 e. The molecule has 0 aromatic carbocycles. The molecule has 0 unspecified atom stereocenters. The molecule has 9 heavy (non-hydrogen) atoms. The summed E-state index contributed by atoms with van der Waals surface area (Å²) >= 11 is 5.18. The molecule has 0 rings (SSSR count). The summed E-state index contributed by atoms with van der Waals surface area (Å²) in [7, 11) is 1.57. The summed E-state index contributed by atoms with van der Waals surface area (Å²) in [6, 6.07) is 0. The number of nitrogens with zero attached hydrogens (tertiary/aromatic N) is 1. The average Bonchev–Trinajstić information content (AvgIpc) is 1.84. The lowest BCUT2D eigenvalue weighted by atomic mass is 10.5. The zero-order valence-electron chi connectivity index (χ0n) is 5.14. The Hall–Kier alpha value is -0.770. The van der Waals surface area contributed by atoms with Crippen molar-refractivity contribution in [3.05, 3.63) is 21.0 Å². The van der Waals surface area contributed by atoms with Gasteiger partial charge in [-0.05, 0) is 18.5 Å².